The van der Waals surface area contributed by atoms with E-state index in [2.05, 4.69) is 26.3 Å². The summed E-state index contributed by atoms with van der Waals surface area (Å²) >= 11 is 0. The van der Waals surface area contributed by atoms with E-state index >= 15 is 0 Å². The van der Waals surface area contributed by atoms with Crippen LogP contribution in [0.5, 0.6) is 0 Å². The predicted molar refractivity (Wildman–Crippen MR) is 144 cm³/mol. The van der Waals surface area contributed by atoms with Crippen molar-refractivity contribution in [2.45, 2.75) is 38.6 Å². The normalized spacial score (nSPS) is 13.7. The fourth-order valence-electron chi connectivity index (χ4n) is 3.94. The first-order valence-corrected chi connectivity index (χ1v) is 11.2. The first-order valence-electron chi connectivity index (χ1n) is 11.2. The van der Waals surface area contributed by atoms with E-state index in [0.717, 1.165) is 48.9 Å². The lowest BCUT2D eigenvalue weighted by Crippen LogP contribution is -2.37. The number of hydrogen-bond acceptors (Lipinski definition) is 3. The van der Waals surface area contributed by atoms with Crippen molar-refractivity contribution in [2.75, 3.05) is 26.0 Å². The largest absolute Gasteiger partial charge is 0.356 e. The van der Waals surface area contributed by atoms with Crippen LogP contribution in [0.25, 0.3) is 0 Å². The second kappa shape index (κ2) is 13.8. The number of aliphatic imine (C=N–C) groups is 1. The monoisotopic (exact) mass is 563 g/mol. The van der Waals surface area contributed by atoms with Crippen LogP contribution in [0.1, 0.15) is 47.2 Å². The molecule has 0 aliphatic heterocycles. The molecular formula is C25H34IN5O2. The molecule has 3 rings (SSSR count). The quantitative estimate of drug-likeness (QED) is 0.224. The fourth-order valence-corrected chi connectivity index (χ4v) is 3.94. The Labute approximate surface area is 213 Å². The van der Waals surface area contributed by atoms with Gasteiger partial charge in [0.1, 0.15) is 0 Å². The number of benzene rings is 2. The summed E-state index contributed by atoms with van der Waals surface area (Å²) in [4.78, 5) is 28.4. The Hall–Kier alpha value is -2.62. The lowest BCUT2D eigenvalue weighted by atomic mass is 10.1. The third-order valence-electron chi connectivity index (χ3n) is 5.73. The maximum Gasteiger partial charge on any atom is 0.251 e. The molecule has 4 N–H and O–H groups in total. The highest BCUT2D eigenvalue weighted by molar-refractivity contribution is 14.0. The summed E-state index contributed by atoms with van der Waals surface area (Å²) in [6.45, 7) is 1.29. The zero-order valence-electron chi connectivity index (χ0n) is 19.3. The molecule has 178 valence electrons. The molecule has 0 unspecified atom stereocenters. The van der Waals surface area contributed by atoms with Crippen LogP contribution in [0, 0.1) is 5.92 Å². The Bertz CT molecular complexity index is 957. The minimum Gasteiger partial charge on any atom is -0.356 e. The number of nitrogens with one attached hydrogen (secondary N) is 4. The molecule has 1 saturated carbocycles. The number of carbonyl (C=O) groups excluding carboxylic acids is 2. The molecule has 1 aliphatic rings. The molecule has 0 atom stereocenters. The second-order valence-corrected chi connectivity index (χ2v) is 8.05. The number of hydrogen-bond donors (Lipinski definition) is 4. The van der Waals surface area contributed by atoms with Gasteiger partial charge in [-0.05, 0) is 54.7 Å². The summed E-state index contributed by atoms with van der Waals surface area (Å²) in [5.41, 5.74) is 3.64. The van der Waals surface area contributed by atoms with Gasteiger partial charge in [-0.3, -0.25) is 14.6 Å². The van der Waals surface area contributed by atoms with Crippen molar-refractivity contribution in [1.29, 1.82) is 0 Å². The number of guanidine groups is 1. The van der Waals surface area contributed by atoms with Gasteiger partial charge >= 0.3 is 0 Å². The minimum atomic E-state index is -0.0843. The van der Waals surface area contributed by atoms with Gasteiger partial charge in [0.25, 0.3) is 5.91 Å². The van der Waals surface area contributed by atoms with Crippen molar-refractivity contribution < 1.29 is 9.59 Å². The van der Waals surface area contributed by atoms with E-state index in [4.69, 9.17) is 0 Å². The second-order valence-electron chi connectivity index (χ2n) is 8.05. The number of halogens is 1. The third kappa shape index (κ3) is 8.34. The summed E-state index contributed by atoms with van der Waals surface area (Å²) in [6, 6.07) is 15.5. The lowest BCUT2D eigenvalue weighted by molar-refractivity contribution is -0.119. The van der Waals surface area contributed by atoms with E-state index in [9.17, 15) is 9.59 Å². The van der Waals surface area contributed by atoms with Crippen molar-refractivity contribution in [2.24, 2.45) is 10.9 Å². The van der Waals surface area contributed by atoms with Gasteiger partial charge in [-0.1, -0.05) is 37.1 Å². The van der Waals surface area contributed by atoms with E-state index in [1.807, 2.05) is 42.5 Å². The van der Waals surface area contributed by atoms with E-state index in [1.165, 1.54) is 0 Å². The molecule has 0 heterocycles. The van der Waals surface area contributed by atoms with Crippen molar-refractivity contribution in [1.82, 2.24) is 16.0 Å². The van der Waals surface area contributed by atoms with Gasteiger partial charge in [-0.2, -0.15) is 0 Å². The van der Waals surface area contributed by atoms with Crippen molar-refractivity contribution in [3.05, 3.63) is 65.2 Å². The topological polar surface area (TPSA) is 94.6 Å². The van der Waals surface area contributed by atoms with Crippen LogP contribution in [0.3, 0.4) is 0 Å². The van der Waals surface area contributed by atoms with Crippen LogP contribution in [-0.4, -0.2) is 38.4 Å². The predicted octanol–water partition coefficient (Wildman–Crippen LogP) is 3.70. The molecular weight excluding hydrogens is 529 g/mol. The first kappa shape index (κ1) is 26.6. The molecule has 0 saturated heterocycles. The number of amides is 2. The highest BCUT2D eigenvalue weighted by Gasteiger charge is 2.22. The molecule has 0 aromatic heterocycles. The molecule has 7 nitrogen and oxygen atoms in total. The Balaban J connectivity index is 0.00000385. The average Bonchev–Trinajstić information content (AvgIpc) is 3.36. The Kier molecular flexibility index (Phi) is 11.2. The number of rotatable bonds is 8. The first-order chi connectivity index (χ1) is 15.6. The Morgan fingerprint density at radius 2 is 1.73 bits per heavy atom. The van der Waals surface area contributed by atoms with Crippen molar-refractivity contribution >= 4 is 47.4 Å². The maximum atomic E-state index is 12.4. The van der Waals surface area contributed by atoms with Crippen LogP contribution in [0.15, 0.2) is 53.5 Å². The van der Waals surface area contributed by atoms with Gasteiger partial charge in [0.2, 0.25) is 5.91 Å². The highest BCUT2D eigenvalue weighted by Crippen LogP contribution is 2.26. The van der Waals surface area contributed by atoms with E-state index < -0.39 is 0 Å². The standard InChI is InChI=1S/C25H33N5O2.HI/c1-26-23(31)21-11-5-7-18(15-21)13-14-28-25(27-2)29-17-19-8-6-12-22(16-19)30-24(32)20-9-3-4-10-20;/h5-8,11-12,15-16,20H,3-4,9-10,13-14,17H2,1-2H3,(H,26,31)(H,30,32)(H2,27,28,29);1H. The average molecular weight is 563 g/mol. The van der Waals surface area contributed by atoms with Crippen LogP contribution < -0.4 is 21.3 Å². The fraction of sp³-hybridized carbons (Fsp3) is 0.400. The van der Waals surface area contributed by atoms with Gasteiger partial charge in [0, 0.05) is 44.4 Å². The number of nitrogens with zero attached hydrogens (tertiary/aromatic N) is 1. The molecule has 2 aromatic carbocycles. The number of anilines is 1. The zero-order chi connectivity index (χ0) is 22.8. The zero-order valence-corrected chi connectivity index (χ0v) is 21.6. The summed E-state index contributed by atoms with van der Waals surface area (Å²) in [5, 5.41) is 12.3. The van der Waals surface area contributed by atoms with Gasteiger partial charge in [-0.25, -0.2) is 0 Å². The third-order valence-corrected chi connectivity index (χ3v) is 5.73. The molecule has 1 fully saturated rings. The Morgan fingerprint density at radius 1 is 1.00 bits per heavy atom. The number of carbonyl (C=O) groups is 2. The van der Waals surface area contributed by atoms with Crippen molar-refractivity contribution in [3.8, 4) is 0 Å². The van der Waals surface area contributed by atoms with Crippen LogP contribution in [0.4, 0.5) is 5.69 Å². The lowest BCUT2D eigenvalue weighted by Gasteiger charge is -2.14. The molecule has 2 amide bonds. The molecule has 2 aromatic rings. The van der Waals surface area contributed by atoms with Crippen LogP contribution in [-0.2, 0) is 17.8 Å². The van der Waals surface area contributed by atoms with Gasteiger partial charge in [0.05, 0.1) is 0 Å². The van der Waals surface area contributed by atoms with Gasteiger partial charge < -0.3 is 21.3 Å². The smallest absolute Gasteiger partial charge is 0.251 e. The van der Waals surface area contributed by atoms with E-state index in [-0.39, 0.29) is 41.7 Å². The molecule has 8 heteroatoms. The SMILES string of the molecule is CN=C(NCCc1cccc(C(=O)NC)c1)NCc1cccc(NC(=O)C2CCCC2)c1.I. The maximum absolute atomic E-state index is 12.4. The Morgan fingerprint density at radius 3 is 2.45 bits per heavy atom. The summed E-state index contributed by atoms with van der Waals surface area (Å²) in [7, 11) is 3.37. The van der Waals surface area contributed by atoms with Gasteiger partial charge in [-0.15, -0.1) is 24.0 Å². The molecule has 0 spiro atoms. The summed E-state index contributed by atoms with van der Waals surface area (Å²) < 4.78 is 0. The molecule has 0 radical (unpaired) electrons. The van der Waals surface area contributed by atoms with Crippen LogP contribution >= 0.6 is 24.0 Å². The minimum absolute atomic E-state index is 0. The van der Waals surface area contributed by atoms with E-state index in [1.54, 1.807) is 20.2 Å². The van der Waals surface area contributed by atoms with Gasteiger partial charge in [0.15, 0.2) is 5.96 Å². The molecule has 1 aliphatic carbocycles. The summed E-state index contributed by atoms with van der Waals surface area (Å²) in [6.07, 6.45) is 5.05. The molecule has 0 bridgehead atoms. The van der Waals surface area contributed by atoms with Crippen LogP contribution in [0.2, 0.25) is 0 Å². The summed E-state index contributed by atoms with van der Waals surface area (Å²) in [5.74, 6) is 0.897. The van der Waals surface area contributed by atoms with Crippen molar-refractivity contribution in [3.63, 3.8) is 0 Å². The molecule has 33 heavy (non-hydrogen) atoms. The van der Waals surface area contributed by atoms with E-state index in [0.29, 0.717) is 24.6 Å². The highest BCUT2D eigenvalue weighted by atomic mass is 127.